The summed E-state index contributed by atoms with van der Waals surface area (Å²) < 4.78 is 41.9. The van der Waals surface area contributed by atoms with Crippen molar-refractivity contribution in [1.82, 2.24) is 24.8 Å². The van der Waals surface area contributed by atoms with Gasteiger partial charge in [-0.1, -0.05) is 25.6 Å². The minimum Gasteiger partial charge on any atom is -0.450 e. The summed E-state index contributed by atoms with van der Waals surface area (Å²) in [6.45, 7) is 7.04. The maximum Gasteiger partial charge on any atom is 0.475 e. The van der Waals surface area contributed by atoms with Crippen LogP contribution in [-0.2, 0) is 32.4 Å². The molecule has 15 nitrogen and oxygen atoms in total. The van der Waals surface area contributed by atoms with E-state index in [4.69, 9.17) is 28.8 Å². The molecule has 17 heteroatoms. The summed E-state index contributed by atoms with van der Waals surface area (Å²) in [5, 5.41) is 13.8. The van der Waals surface area contributed by atoms with E-state index in [9.17, 15) is 19.3 Å². The average Bonchev–Trinajstić information content (AvgIpc) is 3.38. The second-order valence-electron chi connectivity index (χ2n) is 9.86. The fourth-order valence-electron chi connectivity index (χ4n) is 4.19. The Morgan fingerprint density at radius 3 is 2.92 bits per heavy atom. The first-order valence-electron chi connectivity index (χ1n) is 12.3. The van der Waals surface area contributed by atoms with E-state index in [1.165, 1.54) is 24.0 Å². The molecule has 0 spiro atoms. The fraction of sp³-hybridized carbons (Fsp3) is 0.682. The van der Waals surface area contributed by atoms with E-state index < -0.39 is 43.4 Å². The van der Waals surface area contributed by atoms with Gasteiger partial charge in [-0.3, -0.25) is 22.9 Å². The number of phosphoric ester groups is 1. The highest BCUT2D eigenvalue weighted by Gasteiger charge is 2.60. The Labute approximate surface area is 229 Å². The quantitative estimate of drug-likeness (QED) is 0.269. The number of imidazole rings is 1. The van der Waals surface area contributed by atoms with Gasteiger partial charge in [-0.2, -0.15) is 4.98 Å². The smallest absolute Gasteiger partial charge is 0.450 e. The largest absolute Gasteiger partial charge is 0.475 e. The first-order valence-corrected chi connectivity index (χ1v) is 14.8. The number of phosphoric acid groups is 1. The van der Waals surface area contributed by atoms with Crippen molar-refractivity contribution in [2.45, 2.75) is 58.2 Å². The van der Waals surface area contributed by atoms with Crippen molar-refractivity contribution in [1.29, 1.82) is 0 Å². The zero-order valence-corrected chi connectivity index (χ0v) is 23.8. The normalized spacial score (nSPS) is 28.8. The van der Waals surface area contributed by atoms with Crippen molar-refractivity contribution in [2.75, 3.05) is 37.9 Å². The number of alkyl carbamates (subject to hydrolysis) is 1. The lowest BCUT2D eigenvalue weighted by Crippen LogP contribution is -2.47. The number of fused-ring (bicyclic) bond motifs is 2. The minimum atomic E-state index is -4.06. The summed E-state index contributed by atoms with van der Waals surface area (Å²) in [5.41, 5.74) is 4.13. The van der Waals surface area contributed by atoms with E-state index in [0.717, 1.165) is 11.8 Å². The second kappa shape index (κ2) is 11.6. The number of nitrogens with two attached hydrogens (primary N) is 1. The van der Waals surface area contributed by atoms with Crippen LogP contribution in [0.15, 0.2) is 12.5 Å². The molecular weight excluding hydrogens is 555 g/mol. The SMILES string of the molecule is CCOC(=O)NCCC(C)(C)C(=O)SCCOP1(=O)OC[C@H]2O[C@@H](n3cnc4cnc(N)nc43)[C@](C)(O)[C@@H]2O1. The van der Waals surface area contributed by atoms with Crippen molar-refractivity contribution < 1.29 is 42.3 Å². The van der Waals surface area contributed by atoms with Gasteiger partial charge in [-0.15, -0.1) is 0 Å². The number of aliphatic hydroxyl groups is 1. The molecule has 39 heavy (non-hydrogen) atoms. The minimum absolute atomic E-state index is 0.0323. The Morgan fingerprint density at radius 2 is 2.18 bits per heavy atom. The van der Waals surface area contributed by atoms with Gasteiger partial charge in [0.1, 0.15) is 23.3 Å². The van der Waals surface area contributed by atoms with Crippen LogP contribution in [-0.4, -0.2) is 85.8 Å². The molecular formula is C22H33N6O9PS. The number of ether oxygens (including phenoxy) is 2. The summed E-state index contributed by atoms with van der Waals surface area (Å²) in [6.07, 6.45) is -0.00282. The van der Waals surface area contributed by atoms with Crippen molar-refractivity contribution in [3.63, 3.8) is 0 Å². The highest BCUT2D eigenvalue weighted by atomic mass is 32.2. The predicted molar refractivity (Wildman–Crippen MR) is 140 cm³/mol. The molecule has 0 saturated carbocycles. The van der Waals surface area contributed by atoms with Gasteiger partial charge in [0.2, 0.25) is 5.95 Å². The monoisotopic (exact) mass is 588 g/mol. The third kappa shape index (κ3) is 6.53. The zero-order chi connectivity index (χ0) is 28.4. The third-order valence-electron chi connectivity index (χ3n) is 6.36. The van der Waals surface area contributed by atoms with Crippen molar-refractivity contribution in [3.8, 4) is 0 Å². The lowest BCUT2D eigenvalue weighted by atomic mass is 9.91. The molecule has 216 valence electrons. The number of carbonyl (C=O) groups excluding carboxylic acids is 2. The van der Waals surface area contributed by atoms with Crippen LogP contribution in [0.3, 0.4) is 0 Å². The van der Waals surface area contributed by atoms with E-state index in [0.29, 0.717) is 17.6 Å². The highest BCUT2D eigenvalue weighted by Crippen LogP contribution is 2.58. The number of anilines is 1. The molecule has 4 heterocycles. The van der Waals surface area contributed by atoms with E-state index >= 15 is 0 Å². The summed E-state index contributed by atoms with van der Waals surface area (Å²) >= 11 is 1.01. The summed E-state index contributed by atoms with van der Waals surface area (Å²) in [5.74, 6) is 0.223. The van der Waals surface area contributed by atoms with Crippen molar-refractivity contribution in [2.24, 2.45) is 5.41 Å². The lowest BCUT2D eigenvalue weighted by molar-refractivity contribution is -0.118. The number of carbonyl (C=O) groups is 2. The number of hydrogen-bond donors (Lipinski definition) is 3. The first-order chi connectivity index (χ1) is 18.4. The molecule has 1 unspecified atom stereocenters. The van der Waals surface area contributed by atoms with Crippen LogP contribution < -0.4 is 11.1 Å². The molecule has 2 aliphatic heterocycles. The summed E-state index contributed by atoms with van der Waals surface area (Å²) in [6, 6.07) is 0. The highest BCUT2D eigenvalue weighted by molar-refractivity contribution is 8.13. The van der Waals surface area contributed by atoms with Crippen LogP contribution in [0, 0.1) is 5.41 Å². The molecule has 2 aliphatic rings. The number of thioether (sulfide) groups is 1. The Kier molecular flexibility index (Phi) is 8.86. The van der Waals surface area contributed by atoms with Gasteiger partial charge >= 0.3 is 13.9 Å². The standard InChI is InChI=1S/C22H33N6O9PS/c1-5-33-20(30)24-7-6-21(2,3)18(29)39-9-8-34-38(32)35-11-14-15(37-38)22(4,31)17(36-14)28-12-26-13-10-25-19(23)27-16(13)28/h10,12,14-15,17,31H,5-9,11H2,1-4H3,(H,24,30)(H2,23,25,27)/t14-,15-,17-,22-,38?/m1/s1. The number of amides is 1. The number of nitrogens with one attached hydrogen (secondary N) is 1. The molecule has 0 aromatic carbocycles. The Hall–Kier alpha value is -2.33. The zero-order valence-electron chi connectivity index (χ0n) is 22.1. The Balaban J connectivity index is 1.29. The van der Waals surface area contributed by atoms with Crippen LogP contribution in [0.5, 0.6) is 0 Å². The van der Waals surface area contributed by atoms with Crippen LogP contribution in [0.25, 0.3) is 11.2 Å². The van der Waals surface area contributed by atoms with Gasteiger partial charge in [0.15, 0.2) is 17.0 Å². The maximum absolute atomic E-state index is 13.2. The second-order valence-corrected chi connectivity index (χ2v) is 12.6. The number of nitrogen functional groups attached to an aromatic ring is 1. The van der Waals surface area contributed by atoms with Crippen LogP contribution in [0.1, 0.15) is 40.3 Å². The fourth-order valence-corrected chi connectivity index (χ4v) is 6.63. The molecule has 0 bridgehead atoms. The van der Waals surface area contributed by atoms with Gasteiger partial charge < -0.3 is 25.6 Å². The molecule has 2 aromatic heterocycles. The first kappa shape index (κ1) is 29.6. The van der Waals surface area contributed by atoms with E-state index in [-0.39, 0.29) is 43.2 Å². The van der Waals surface area contributed by atoms with E-state index in [2.05, 4.69) is 20.3 Å². The number of hydrogen-bond acceptors (Lipinski definition) is 14. The molecule has 2 fully saturated rings. The van der Waals surface area contributed by atoms with Crippen molar-refractivity contribution >= 4 is 47.9 Å². The van der Waals surface area contributed by atoms with Crippen LogP contribution in [0.2, 0.25) is 0 Å². The number of nitrogens with zero attached hydrogens (tertiary/aromatic N) is 4. The van der Waals surface area contributed by atoms with Crippen molar-refractivity contribution in [3.05, 3.63) is 12.5 Å². The average molecular weight is 589 g/mol. The molecule has 0 aliphatic carbocycles. The van der Waals surface area contributed by atoms with Crippen LogP contribution >= 0.6 is 19.6 Å². The maximum atomic E-state index is 13.2. The van der Waals surface area contributed by atoms with Gasteiger partial charge in [0, 0.05) is 17.7 Å². The molecule has 2 saturated heterocycles. The van der Waals surface area contributed by atoms with Crippen LogP contribution in [0.4, 0.5) is 10.7 Å². The Morgan fingerprint density at radius 1 is 1.41 bits per heavy atom. The molecule has 1 amide bonds. The molecule has 5 atom stereocenters. The van der Waals surface area contributed by atoms with Gasteiger partial charge in [0.25, 0.3) is 0 Å². The predicted octanol–water partition coefficient (Wildman–Crippen LogP) is 2.02. The van der Waals surface area contributed by atoms with Gasteiger partial charge in [-0.05, 0) is 20.3 Å². The topological polar surface area (TPSA) is 199 Å². The molecule has 4 rings (SSSR count). The number of rotatable bonds is 10. The Bertz CT molecular complexity index is 1260. The number of aromatic nitrogens is 4. The molecule has 0 radical (unpaired) electrons. The van der Waals surface area contributed by atoms with Gasteiger partial charge in [-0.25, -0.2) is 19.3 Å². The summed E-state index contributed by atoms with van der Waals surface area (Å²) in [4.78, 5) is 36.4. The molecule has 2 aromatic rings. The lowest BCUT2D eigenvalue weighted by Gasteiger charge is -2.35. The van der Waals surface area contributed by atoms with E-state index in [1.54, 1.807) is 20.8 Å². The summed E-state index contributed by atoms with van der Waals surface area (Å²) in [7, 11) is -4.06. The van der Waals surface area contributed by atoms with E-state index in [1.807, 2.05) is 0 Å². The van der Waals surface area contributed by atoms with Gasteiger partial charge in [0.05, 0.1) is 32.3 Å². The third-order valence-corrected chi connectivity index (χ3v) is 8.99. The molecule has 4 N–H and O–H groups in total.